The molecule has 0 radical (unpaired) electrons. The molecular formula is C21H24Cl2N2. The molecule has 1 aliphatic heterocycles. The fourth-order valence-corrected chi connectivity index (χ4v) is 4.02. The van der Waals surface area contributed by atoms with Gasteiger partial charge in [0.15, 0.2) is 0 Å². The minimum Gasteiger partial charge on any atom is -0.361 e. The maximum Gasteiger partial charge on any atom is 0.0457 e. The number of aromatic nitrogens is 1. The van der Waals surface area contributed by atoms with Gasteiger partial charge in [0.25, 0.3) is 0 Å². The first kappa shape index (κ1) is 18.3. The lowest BCUT2D eigenvalue weighted by Gasteiger charge is -2.32. The van der Waals surface area contributed by atoms with Gasteiger partial charge in [-0.2, -0.15) is 0 Å². The van der Waals surface area contributed by atoms with E-state index >= 15 is 0 Å². The van der Waals surface area contributed by atoms with Crippen LogP contribution >= 0.6 is 24.0 Å². The topological polar surface area (TPSA) is 19.0 Å². The Bertz CT molecular complexity index is 805. The van der Waals surface area contributed by atoms with Crippen LogP contribution in [0.25, 0.3) is 10.9 Å². The molecule has 132 valence electrons. The molecule has 2 heterocycles. The summed E-state index contributed by atoms with van der Waals surface area (Å²) >= 11 is 6.19. The van der Waals surface area contributed by atoms with E-state index in [9.17, 15) is 0 Å². The Hall–Kier alpha value is -1.48. The van der Waals surface area contributed by atoms with E-state index in [-0.39, 0.29) is 12.4 Å². The fourth-order valence-electron chi connectivity index (χ4n) is 3.85. The highest BCUT2D eigenvalue weighted by Crippen LogP contribution is 2.34. The van der Waals surface area contributed by atoms with Gasteiger partial charge in [-0.25, -0.2) is 0 Å². The number of hydrogen-bond acceptors (Lipinski definition) is 1. The molecule has 1 saturated heterocycles. The molecule has 0 amide bonds. The zero-order valence-electron chi connectivity index (χ0n) is 14.2. The van der Waals surface area contributed by atoms with Gasteiger partial charge in [0.2, 0.25) is 0 Å². The number of nitrogens with one attached hydrogen (secondary N) is 1. The second-order valence-electron chi connectivity index (χ2n) is 6.79. The van der Waals surface area contributed by atoms with E-state index in [1.807, 2.05) is 6.07 Å². The Kier molecular flexibility index (Phi) is 6.06. The van der Waals surface area contributed by atoms with Crippen LogP contribution in [-0.2, 0) is 6.42 Å². The van der Waals surface area contributed by atoms with Crippen LogP contribution in [0, 0.1) is 0 Å². The third-order valence-electron chi connectivity index (χ3n) is 5.26. The number of H-pyrrole nitrogens is 1. The minimum atomic E-state index is 0. The Morgan fingerprint density at radius 3 is 2.56 bits per heavy atom. The predicted molar refractivity (Wildman–Crippen MR) is 109 cm³/mol. The molecular weight excluding hydrogens is 351 g/mol. The van der Waals surface area contributed by atoms with Crippen molar-refractivity contribution < 1.29 is 0 Å². The lowest BCUT2D eigenvalue weighted by Crippen LogP contribution is -2.34. The second-order valence-corrected chi connectivity index (χ2v) is 7.22. The van der Waals surface area contributed by atoms with Crippen molar-refractivity contribution in [2.45, 2.75) is 25.2 Å². The van der Waals surface area contributed by atoms with Crippen LogP contribution in [0.2, 0.25) is 5.02 Å². The summed E-state index contributed by atoms with van der Waals surface area (Å²) < 4.78 is 0. The van der Waals surface area contributed by atoms with Crippen molar-refractivity contribution in [3.63, 3.8) is 0 Å². The molecule has 2 nitrogen and oxygen atoms in total. The summed E-state index contributed by atoms with van der Waals surface area (Å²) in [5.41, 5.74) is 4.07. The number of halogens is 2. The van der Waals surface area contributed by atoms with Gasteiger partial charge in [0.05, 0.1) is 0 Å². The first-order valence-electron chi connectivity index (χ1n) is 8.82. The molecule has 0 spiro atoms. The van der Waals surface area contributed by atoms with E-state index in [0.29, 0.717) is 5.92 Å². The van der Waals surface area contributed by atoms with Gasteiger partial charge in [-0.1, -0.05) is 41.9 Å². The highest BCUT2D eigenvalue weighted by Gasteiger charge is 2.22. The average Bonchev–Trinajstić information content (AvgIpc) is 3.04. The van der Waals surface area contributed by atoms with Crippen LogP contribution in [0.1, 0.15) is 29.9 Å². The SMILES string of the molecule is Cl.Clc1ccc2[nH]cc(C3CCN(CCc4ccccc4)CC3)c2c1. The molecule has 1 fully saturated rings. The molecule has 0 aliphatic carbocycles. The quantitative estimate of drug-likeness (QED) is 0.623. The molecule has 0 saturated carbocycles. The first-order valence-corrected chi connectivity index (χ1v) is 9.20. The summed E-state index contributed by atoms with van der Waals surface area (Å²) in [5, 5.41) is 2.12. The van der Waals surface area contributed by atoms with Gasteiger partial charge in [0, 0.05) is 28.7 Å². The standard InChI is InChI=1S/C21H23ClN2.ClH/c22-18-6-7-21-19(14-18)20(15-23-21)17-9-12-24(13-10-17)11-8-16-4-2-1-3-5-16;/h1-7,14-15,17,23H,8-13H2;1H. The smallest absolute Gasteiger partial charge is 0.0457 e. The fraction of sp³-hybridized carbons (Fsp3) is 0.333. The van der Waals surface area contributed by atoms with Crippen LogP contribution in [0.15, 0.2) is 54.7 Å². The number of fused-ring (bicyclic) bond motifs is 1. The summed E-state index contributed by atoms with van der Waals surface area (Å²) in [6, 6.07) is 16.9. The molecule has 3 aromatic rings. The van der Waals surface area contributed by atoms with Crippen LogP contribution in [-0.4, -0.2) is 29.5 Å². The van der Waals surface area contributed by atoms with E-state index in [1.54, 1.807) is 0 Å². The normalized spacial score (nSPS) is 16.0. The van der Waals surface area contributed by atoms with Crippen molar-refractivity contribution in [2.75, 3.05) is 19.6 Å². The van der Waals surface area contributed by atoms with Gasteiger partial charge in [0.1, 0.15) is 0 Å². The number of aromatic amines is 1. The van der Waals surface area contributed by atoms with Gasteiger partial charge >= 0.3 is 0 Å². The van der Waals surface area contributed by atoms with E-state index in [1.165, 1.54) is 48.0 Å². The van der Waals surface area contributed by atoms with E-state index in [4.69, 9.17) is 11.6 Å². The van der Waals surface area contributed by atoms with Crippen molar-refractivity contribution in [3.8, 4) is 0 Å². The van der Waals surface area contributed by atoms with Gasteiger partial charge in [-0.15, -0.1) is 12.4 Å². The lowest BCUT2D eigenvalue weighted by molar-refractivity contribution is 0.215. The summed E-state index contributed by atoms with van der Waals surface area (Å²) in [6.45, 7) is 3.53. The van der Waals surface area contributed by atoms with Crippen molar-refractivity contribution in [1.29, 1.82) is 0 Å². The molecule has 1 aliphatic rings. The number of nitrogens with zero attached hydrogens (tertiary/aromatic N) is 1. The van der Waals surface area contributed by atoms with Gasteiger partial charge < -0.3 is 9.88 Å². The number of rotatable bonds is 4. The predicted octanol–water partition coefficient (Wildman–Crippen LogP) is 5.67. The Labute approximate surface area is 160 Å². The number of likely N-dealkylation sites (tertiary alicyclic amines) is 1. The molecule has 1 N–H and O–H groups in total. The van der Waals surface area contributed by atoms with Crippen LogP contribution in [0.3, 0.4) is 0 Å². The summed E-state index contributed by atoms with van der Waals surface area (Å²) in [5.74, 6) is 0.644. The monoisotopic (exact) mass is 374 g/mol. The number of benzene rings is 2. The average molecular weight is 375 g/mol. The molecule has 0 bridgehead atoms. The molecule has 4 rings (SSSR count). The Morgan fingerprint density at radius 2 is 1.80 bits per heavy atom. The zero-order chi connectivity index (χ0) is 16.4. The van der Waals surface area contributed by atoms with Gasteiger partial charge in [-0.3, -0.25) is 0 Å². The largest absolute Gasteiger partial charge is 0.361 e. The molecule has 25 heavy (non-hydrogen) atoms. The van der Waals surface area contributed by atoms with Crippen LogP contribution in [0.4, 0.5) is 0 Å². The first-order chi connectivity index (χ1) is 11.8. The van der Waals surface area contributed by atoms with E-state index < -0.39 is 0 Å². The third-order valence-corrected chi connectivity index (χ3v) is 5.50. The maximum absolute atomic E-state index is 6.19. The lowest BCUT2D eigenvalue weighted by atomic mass is 9.89. The highest BCUT2D eigenvalue weighted by atomic mass is 35.5. The number of piperidine rings is 1. The Morgan fingerprint density at radius 1 is 1.04 bits per heavy atom. The van der Waals surface area contributed by atoms with E-state index in [0.717, 1.165) is 18.0 Å². The number of hydrogen-bond donors (Lipinski definition) is 1. The van der Waals surface area contributed by atoms with Crippen molar-refractivity contribution in [2.24, 2.45) is 0 Å². The molecule has 0 unspecified atom stereocenters. The van der Waals surface area contributed by atoms with Crippen LogP contribution < -0.4 is 0 Å². The van der Waals surface area contributed by atoms with Crippen molar-refractivity contribution in [1.82, 2.24) is 9.88 Å². The Balaban J connectivity index is 0.00000182. The summed E-state index contributed by atoms with van der Waals surface area (Å²) in [4.78, 5) is 6.00. The molecule has 1 aromatic heterocycles. The van der Waals surface area contributed by atoms with Gasteiger partial charge in [-0.05, 0) is 67.6 Å². The highest BCUT2D eigenvalue weighted by molar-refractivity contribution is 6.31. The van der Waals surface area contributed by atoms with E-state index in [2.05, 4.69) is 58.5 Å². The third kappa shape index (κ3) is 4.20. The summed E-state index contributed by atoms with van der Waals surface area (Å²) in [7, 11) is 0. The maximum atomic E-state index is 6.19. The van der Waals surface area contributed by atoms with Crippen molar-refractivity contribution in [3.05, 3.63) is 70.9 Å². The van der Waals surface area contributed by atoms with Crippen LogP contribution in [0.5, 0.6) is 0 Å². The molecule has 2 aromatic carbocycles. The zero-order valence-corrected chi connectivity index (χ0v) is 15.8. The summed E-state index contributed by atoms with van der Waals surface area (Å²) in [6.07, 6.45) is 5.79. The molecule has 0 atom stereocenters. The minimum absolute atomic E-state index is 0. The van der Waals surface area contributed by atoms with Crippen molar-refractivity contribution >= 4 is 34.9 Å². The second kappa shape index (κ2) is 8.27. The molecule has 4 heteroatoms.